The van der Waals surface area contributed by atoms with E-state index in [0.717, 1.165) is 46.6 Å². The third kappa shape index (κ3) is 5.67. The van der Waals surface area contributed by atoms with E-state index in [0.29, 0.717) is 30.1 Å². The van der Waals surface area contributed by atoms with Crippen molar-refractivity contribution >= 4 is 11.4 Å². The molecule has 0 N–H and O–H groups in total. The lowest BCUT2D eigenvalue weighted by Crippen LogP contribution is -2.17. The van der Waals surface area contributed by atoms with Gasteiger partial charge in [-0.05, 0) is 42.2 Å². The molecule has 0 bridgehead atoms. The van der Waals surface area contributed by atoms with Gasteiger partial charge >= 0.3 is 6.18 Å². The molecule has 6 nitrogen and oxygen atoms in total. The summed E-state index contributed by atoms with van der Waals surface area (Å²) >= 11 is 0. The van der Waals surface area contributed by atoms with Crippen molar-refractivity contribution in [2.75, 3.05) is 0 Å². The fourth-order valence-electron chi connectivity index (χ4n) is 5.71. The van der Waals surface area contributed by atoms with E-state index in [4.69, 9.17) is 6.42 Å². The SMILES string of the molecule is C#CCn1cc(-c2cnc3c(Cc4ccc(C(=O)C[C@H]5CC[C@H](C)CC5)c(CC)c4)nccn23)c(C(F)(F)F)n1. The highest BCUT2D eigenvalue weighted by Gasteiger charge is 2.38. The van der Waals surface area contributed by atoms with Crippen LogP contribution in [0.15, 0.2) is 43.0 Å². The van der Waals surface area contributed by atoms with Gasteiger partial charge in [0, 0.05) is 37.0 Å². The predicted molar refractivity (Wildman–Crippen MR) is 147 cm³/mol. The second kappa shape index (κ2) is 11.3. The molecule has 0 amide bonds. The topological polar surface area (TPSA) is 65.1 Å². The van der Waals surface area contributed by atoms with Crippen LogP contribution in [0.2, 0.25) is 0 Å². The molecular weight excluding hydrogens is 515 g/mol. The average molecular weight is 548 g/mol. The number of fused-ring (bicyclic) bond motifs is 1. The molecule has 0 unspecified atom stereocenters. The van der Waals surface area contributed by atoms with E-state index < -0.39 is 11.9 Å². The first kappa shape index (κ1) is 27.6. The Morgan fingerprint density at radius 2 is 1.95 bits per heavy atom. The summed E-state index contributed by atoms with van der Waals surface area (Å²) in [6.07, 6.45) is 12.8. The van der Waals surface area contributed by atoms with Gasteiger partial charge in [0.15, 0.2) is 17.1 Å². The van der Waals surface area contributed by atoms with Crippen LogP contribution < -0.4 is 0 Å². The molecule has 9 heteroatoms. The Bertz CT molecular complexity index is 1570. The number of benzene rings is 1. The molecule has 1 aliphatic rings. The Morgan fingerprint density at radius 1 is 1.18 bits per heavy atom. The highest BCUT2D eigenvalue weighted by Crippen LogP contribution is 2.37. The maximum atomic E-state index is 13.8. The summed E-state index contributed by atoms with van der Waals surface area (Å²) in [5, 5.41) is 3.67. The van der Waals surface area contributed by atoms with E-state index in [1.54, 1.807) is 16.8 Å². The van der Waals surface area contributed by atoms with Crippen molar-refractivity contribution in [2.24, 2.45) is 11.8 Å². The van der Waals surface area contributed by atoms with Crippen LogP contribution in [-0.2, 0) is 25.6 Å². The number of aryl methyl sites for hydroxylation is 1. The summed E-state index contributed by atoms with van der Waals surface area (Å²) in [5.74, 6) is 3.73. The number of alkyl halides is 3. The van der Waals surface area contributed by atoms with E-state index in [1.165, 1.54) is 25.2 Å². The lowest BCUT2D eigenvalue weighted by atomic mass is 9.79. The Kier molecular flexibility index (Phi) is 7.79. The molecule has 1 aromatic carbocycles. The van der Waals surface area contributed by atoms with Crippen LogP contribution in [0, 0.1) is 24.2 Å². The standard InChI is InChI=1S/C31H32F3N5O/c1-4-13-38-19-25(29(37-38)31(32,33)34)27-18-36-30-26(35-12-14-39(27)30)16-22-10-11-24(23(5-2)15-22)28(40)17-21-8-6-20(3)7-9-21/h1,10-12,14-15,18-21H,5-9,13,16-17H2,2-3H3/t20-,21-. The number of hydrogen-bond donors (Lipinski definition) is 0. The fourth-order valence-corrected chi connectivity index (χ4v) is 5.71. The number of rotatable bonds is 8. The van der Waals surface area contributed by atoms with Gasteiger partial charge in [0.25, 0.3) is 0 Å². The van der Waals surface area contributed by atoms with Crippen LogP contribution in [0.25, 0.3) is 16.9 Å². The highest BCUT2D eigenvalue weighted by molar-refractivity contribution is 5.97. The minimum Gasteiger partial charge on any atom is -0.296 e. The van der Waals surface area contributed by atoms with Gasteiger partial charge in [0.05, 0.1) is 23.1 Å². The molecule has 3 aromatic heterocycles. The molecule has 5 rings (SSSR count). The second-order valence-corrected chi connectivity index (χ2v) is 10.8. The monoisotopic (exact) mass is 547 g/mol. The molecule has 0 saturated heterocycles. The number of halogens is 3. The number of ketones is 1. The van der Waals surface area contributed by atoms with E-state index in [-0.39, 0.29) is 23.6 Å². The molecule has 1 fully saturated rings. The molecule has 3 heterocycles. The molecule has 0 atom stereocenters. The molecule has 4 aromatic rings. The molecule has 1 aliphatic carbocycles. The van der Waals surface area contributed by atoms with Crippen LogP contribution in [-0.4, -0.2) is 29.9 Å². The number of carbonyl (C=O) groups is 1. The first-order valence-electron chi connectivity index (χ1n) is 13.7. The van der Waals surface area contributed by atoms with E-state index in [1.807, 2.05) is 25.1 Å². The van der Waals surface area contributed by atoms with Gasteiger partial charge < -0.3 is 0 Å². The number of carbonyl (C=O) groups excluding carboxylic acids is 1. The molecule has 40 heavy (non-hydrogen) atoms. The Labute approximate surface area is 231 Å². The number of imidazole rings is 1. The average Bonchev–Trinajstić information content (AvgIpc) is 3.55. The normalized spacial score (nSPS) is 17.7. The van der Waals surface area contributed by atoms with Crippen LogP contribution in [0.5, 0.6) is 0 Å². The maximum Gasteiger partial charge on any atom is 0.435 e. The summed E-state index contributed by atoms with van der Waals surface area (Å²) < 4.78 is 44.0. The first-order valence-corrected chi connectivity index (χ1v) is 13.7. The van der Waals surface area contributed by atoms with Crippen molar-refractivity contribution in [1.82, 2.24) is 24.1 Å². The summed E-state index contributed by atoms with van der Waals surface area (Å²) in [6.45, 7) is 4.24. The number of terminal acetylenes is 1. The molecule has 1 saturated carbocycles. The molecule has 0 spiro atoms. The van der Waals surface area contributed by atoms with Crippen LogP contribution in [0.3, 0.4) is 0 Å². The minimum atomic E-state index is -4.65. The largest absolute Gasteiger partial charge is 0.435 e. The quantitative estimate of drug-likeness (QED) is 0.180. The third-order valence-corrected chi connectivity index (χ3v) is 7.89. The van der Waals surface area contributed by atoms with Crippen molar-refractivity contribution in [2.45, 2.75) is 71.5 Å². The molecule has 208 valence electrons. The molecule has 0 radical (unpaired) electrons. The summed E-state index contributed by atoms with van der Waals surface area (Å²) in [5.41, 5.74) is 2.95. The number of nitrogens with zero attached hydrogens (tertiary/aromatic N) is 5. The fraction of sp³-hybridized carbons (Fsp3) is 0.419. The zero-order valence-corrected chi connectivity index (χ0v) is 22.7. The smallest absolute Gasteiger partial charge is 0.296 e. The van der Waals surface area contributed by atoms with Crippen molar-refractivity contribution in [3.05, 3.63) is 71.1 Å². The van der Waals surface area contributed by atoms with Gasteiger partial charge in [-0.15, -0.1) is 6.42 Å². The first-order chi connectivity index (χ1) is 19.2. The highest BCUT2D eigenvalue weighted by atomic mass is 19.4. The number of Topliss-reactive ketones (excluding diaryl/α,β-unsaturated/α-hetero) is 1. The van der Waals surface area contributed by atoms with Crippen molar-refractivity contribution in [3.8, 4) is 23.6 Å². The van der Waals surface area contributed by atoms with Gasteiger partial charge in [0.1, 0.15) is 6.54 Å². The Morgan fingerprint density at radius 3 is 2.65 bits per heavy atom. The summed E-state index contributed by atoms with van der Waals surface area (Å²) in [6, 6.07) is 5.89. The lowest BCUT2D eigenvalue weighted by molar-refractivity contribution is -0.141. The van der Waals surface area contributed by atoms with Crippen molar-refractivity contribution in [3.63, 3.8) is 0 Å². The van der Waals surface area contributed by atoms with Gasteiger partial charge in [0.2, 0.25) is 0 Å². The van der Waals surface area contributed by atoms with Gasteiger partial charge in [-0.25, -0.2) is 4.98 Å². The van der Waals surface area contributed by atoms with Crippen LogP contribution in [0.1, 0.15) is 78.8 Å². The molecular formula is C31H32F3N5O. The third-order valence-electron chi connectivity index (χ3n) is 7.89. The second-order valence-electron chi connectivity index (χ2n) is 10.8. The van der Waals surface area contributed by atoms with E-state index >= 15 is 0 Å². The maximum absolute atomic E-state index is 13.8. The number of hydrogen-bond acceptors (Lipinski definition) is 4. The minimum absolute atomic E-state index is 0.0786. The Hall–Kier alpha value is -3.93. The lowest BCUT2D eigenvalue weighted by Gasteiger charge is -2.25. The van der Waals surface area contributed by atoms with Crippen LogP contribution in [0.4, 0.5) is 13.2 Å². The van der Waals surface area contributed by atoms with E-state index in [9.17, 15) is 18.0 Å². The van der Waals surface area contributed by atoms with E-state index in [2.05, 4.69) is 27.9 Å². The van der Waals surface area contributed by atoms with Gasteiger partial charge in [-0.1, -0.05) is 50.8 Å². The summed E-state index contributed by atoms with van der Waals surface area (Å²) in [7, 11) is 0. The Balaban J connectivity index is 1.42. The van der Waals surface area contributed by atoms with Gasteiger partial charge in [-0.3, -0.25) is 18.9 Å². The van der Waals surface area contributed by atoms with Crippen molar-refractivity contribution < 1.29 is 18.0 Å². The zero-order chi connectivity index (χ0) is 28.4. The van der Waals surface area contributed by atoms with Crippen molar-refractivity contribution in [1.29, 1.82) is 0 Å². The molecule has 0 aliphatic heterocycles. The zero-order valence-electron chi connectivity index (χ0n) is 22.7. The van der Waals surface area contributed by atoms with Gasteiger partial charge in [-0.2, -0.15) is 18.3 Å². The number of aromatic nitrogens is 5. The predicted octanol–water partition coefficient (Wildman–Crippen LogP) is 6.80. The van der Waals surface area contributed by atoms with Crippen LogP contribution >= 0.6 is 0 Å². The summed E-state index contributed by atoms with van der Waals surface area (Å²) in [4.78, 5) is 22.1.